The van der Waals surface area contributed by atoms with E-state index in [2.05, 4.69) is 10.3 Å². The van der Waals surface area contributed by atoms with Crippen LogP contribution >= 0.6 is 11.6 Å². The zero-order chi connectivity index (χ0) is 16.9. The van der Waals surface area contributed by atoms with Crippen molar-refractivity contribution >= 4 is 17.5 Å². The first-order valence-electron chi connectivity index (χ1n) is 7.69. The smallest absolute Gasteiger partial charge is 0.252 e. The molecule has 1 amide bonds. The summed E-state index contributed by atoms with van der Waals surface area (Å²) < 4.78 is 5.72. The van der Waals surface area contributed by atoms with E-state index >= 15 is 0 Å². The first-order valence-corrected chi connectivity index (χ1v) is 8.07. The Hall–Kier alpha value is -2.59. The fourth-order valence-electron chi connectivity index (χ4n) is 2.40. The van der Waals surface area contributed by atoms with E-state index in [9.17, 15) is 4.79 Å². The third-order valence-corrected chi connectivity index (χ3v) is 4.01. The van der Waals surface area contributed by atoms with E-state index in [4.69, 9.17) is 16.0 Å². The highest BCUT2D eigenvalue weighted by Crippen LogP contribution is 2.21. The van der Waals surface area contributed by atoms with Crippen molar-refractivity contribution in [3.05, 3.63) is 76.6 Å². The van der Waals surface area contributed by atoms with E-state index in [0.717, 1.165) is 17.0 Å². The summed E-state index contributed by atoms with van der Waals surface area (Å²) in [7, 11) is 0. The van der Waals surface area contributed by atoms with Gasteiger partial charge in [0.1, 0.15) is 5.76 Å². The third kappa shape index (κ3) is 3.66. The van der Waals surface area contributed by atoms with Gasteiger partial charge in [-0.25, -0.2) is 4.98 Å². The maximum Gasteiger partial charge on any atom is 0.252 e. The lowest BCUT2D eigenvalue weighted by Crippen LogP contribution is -2.26. The molecule has 0 aliphatic heterocycles. The van der Waals surface area contributed by atoms with Crippen LogP contribution in [-0.2, 0) is 6.42 Å². The normalized spacial score (nSPS) is 10.6. The first kappa shape index (κ1) is 16.3. The van der Waals surface area contributed by atoms with E-state index < -0.39 is 0 Å². The van der Waals surface area contributed by atoms with Crippen molar-refractivity contribution in [2.75, 3.05) is 6.54 Å². The molecular weight excluding hydrogens is 324 g/mol. The lowest BCUT2D eigenvalue weighted by molar-refractivity contribution is 0.0954. The Balaban J connectivity index is 1.62. The molecule has 0 atom stereocenters. The Morgan fingerprint density at radius 1 is 1.12 bits per heavy atom. The Bertz CT molecular complexity index is 844. The molecule has 0 aliphatic rings. The van der Waals surface area contributed by atoms with E-state index in [-0.39, 0.29) is 5.91 Å². The minimum Gasteiger partial charge on any atom is -0.441 e. The summed E-state index contributed by atoms with van der Waals surface area (Å²) in [6.07, 6.45) is 0.596. The molecule has 4 nitrogen and oxygen atoms in total. The van der Waals surface area contributed by atoms with Crippen molar-refractivity contribution in [3.63, 3.8) is 0 Å². The van der Waals surface area contributed by atoms with E-state index in [1.165, 1.54) is 0 Å². The molecule has 0 bridgehead atoms. The standard InChI is InChI=1S/C19H17ClN2O2/c1-13-17(22-19(24-13)14-7-3-2-4-8-14)11-12-21-18(23)15-9-5-6-10-16(15)20/h2-10H,11-12H2,1H3,(H,21,23). The molecule has 3 rings (SSSR count). The fourth-order valence-corrected chi connectivity index (χ4v) is 2.62. The van der Waals surface area contributed by atoms with Crippen molar-refractivity contribution in [1.82, 2.24) is 10.3 Å². The minimum absolute atomic E-state index is 0.190. The van der Waals surface area contributed by atoms with Gasteiger partial charge < -0.3 is 9.73 Å². The number of oxazole rings is 1. The third-order valence-electron chi connectivity index (χ3n) is 3.68. The van der Waals surface area contributed by atoms with Crippen LogP contribution in [0.2, 0.25) is 5.02 Å². The maximum atomic E-state index is 12.1. The first-order chi connectivity index (χ1) is 11.6. The molecule has 0 saturated heterocycles. The summed E-state index contributed by atoms with van der Waals surface area (Å²) in [6, 6.07) is 16.7. The number of carbonyl (C=O) groups is 1. The number of amides is 1. The molecule has 0 radical (unpaired) electrons. The number of nitrogens with zero attached hydrogens (tertiary/aromatic N) is 1. The van der Waals surface area contributed by atoms with Crippen LogP contribution in [0.1, 0.15) is 21.8 Å². The number of halogens is 1. The highest BCUT2D eigenvalue weighted by Gasteiger charge is 2.13. The second kappa shape index (κ2) is 7.32. The number of hydrogen-bond donors (Lipinski definition) is 1. The predicted molar refractivity (Wildman–Crippen MR) is 94.2 cm³/mol. The van der Waals surface area contributed by atoms with Crippen molar-refractivity contribution in [1.29, 1.82) is 0 Å². The van der Waals surface area contributed by atoms with Gasteiger partial charge in [-0.2, -0.15) is 0 Å². The molecule has 2 aromatic carbocycles. The van der Waals surface area contributed by atoms with Crippen molar-refractivity contribution in [3.8, 4) is 11.5 Å². The molecular formula is C19H17ClN2O2. The van der Waals surface area contributed by atoms with Crippen LogP contribution in [0, 0.1) is 6.92 Å². The van der Waals surface area contributed by atoms with Crippen molar-refractivity contribution in [2.45, 2.75) is 13.3 Å². The molecule has 0 fully saturated rings. The maximum absolute atomic E-state index is 12.1. The topological polar surface area (TPSA) is 55.1 Å². The Morgan fingerprint density at radius 3 is 2.58 bits per heavy atom. The summed E-state index contributed by atoms with van der Waals surface area (Å²) in [4.78, 5) is 16.7. The second-order valence-corrected chi connectivity index (χ2v) is 5.78. The molecule has 0 saturated carbocycles. The highest BCUT2D eigenvalue weighted by atomic mass is 35.5. The zero-order valence-corrected chi connectivity index (χ0v) is 14.0. The van der Waals surface area contributed by atoms with E-state index in [1.807, 2.05) is 37.3 Å². The van der Waals surface area contributed by atoms with Crippen molar-refractivity contribution < 1.29 is 9.21 Å². The lowest BCUT2D eigenvalue weighted by Gasteiger charge is -2.05. The molecule has 0 aliphatic carbocycles. The molecule has 0 spiro atoms. The van der Waals surface area contributed by atoms with Crippen LogP contribution in [0.15, 0.2) is 59.0 Å². The molecule has 3 aromatic rings. The van der Waals surface area contributed by atoms with Crippen LogP contribution in [0.25, 0.3) is 11.5 Å². The second-order valence-electron chi connectivity index (χ2n) is 5.37. The summed E-state index contributed by atoms with van der Waals surface area (Å²) in [6.45, 7) is 2.34. The molecule has 1 N–H and O–H groups in total. The minimum atomic E-state index is -0.190. The summed E-state index contributed by atoms with van der Waals surface area (Å²) >= 11 is 6.02. The summed E-state index contributed by atoms with van der Waals surface area (Å²) in [5.41, 5.74) is 2.25. The highest BCUT2D eigenvalue weighted by molar-refractivity contribution is 6.33. The SMILES string of the molecule is Cc1oc(-c2ccccc2)nc1CCNC(=O)c1ccccc1Cl. The quantitative estimate of drug-likeness (QED) is 0.754. The predicted octanol–water partition coefficient (Wildman–Crippen LogP) is 4.28. The monoisotopic (exact) mass is 340 g/mol. The van der Waals surface area contributed by atoms with Gasteiger partial charge in [0.15, 0.2) is 0 Å². The van der Waals surface area contributed by atoms with Crippen LogP contribution in [0.5, 0.6) is 0 Å². The molecule has 122 valence electrons. The van der Waals surface area contributed by atoms with Gasteiger partial charge in [-0.1, -0.05) is 41.9 Å². The van der Waals surface area contributed by atoms with Gasteiger partial charge in [-0.05, 0) is 31.2 Å². The van der Waals surface area contributed by atoms with Crippen LogP contribution in [0.4, 0.5) is 0 Å². The van der Waals surface area contributed by atoms with Gasteiger partial charge >= 0.3 is 0 Å². The summed E-state index contributed by atoms with van der Waals surface area (Å²) in [5.74, 6) is 1.17. The van der Waals surface area contributed by atoms with Crippen LogP contribution in [-0.4, -0.2) is 17.4 Å². The number of aryl methyl sites for hydroxylation is 1. The lowest BCUT2D eigenvalue weighted by atomic mass is 10.2. The van der Waals surface area contributed by atoms with Crippen LogP contribution in [0.3, 0.4) is 0 Å². The number of rotatable bonds is 5. The Kier molecular flexibility index (Phi) is 4.96. The Morgan fingerprint density at radius 2 is 1.83 bits per heavy atom. The number of carbonyl (C=O) groups excluding carboxylic acids is 1. The summed E-state index contributed by atoms with van der Waals surface area (Å²) in [5, 5.41) is 3.30. The fraction of sp³-hybridized carbons (Fsp3) is 0.158. The number of nitrogens with one attached hydrogen (secondary N) is 1. The number of benzene rings is 2. The molecule has 24 heavy (non-hydrogen) atoms. The molecule has 1 aromatic heterocycles. The zero-order valence-electron chi connectivity index (χ0n) is 13.3. The average molecular weight is 341 g/mol. The Labute approximate surface area is 145 Å². The van der Waals surface area contributed by atoms with Gasteiger partial charge in [0.25, 0.3) is 5.91 Å². The largest absolute Gasteiger partial charge is 0.441 e. The molecule has 1 heterocycles. The molecule has 5 heteroatoms. The van der Waals surface area contributed by atoms with Gasteiger partial charge in [0.05, 0.1) is 16.3 Å². The van der Waals surface area contributed by atoms with Gasteiger partial charge in [0, 0.05) is 18.5 Å². The van der Waals surface area contributed by atoms with Crippen LogP contribution < -0.4 is 5.32 Å². The van der Waals surface area contributed by atoms with E-state index in [0.29, 0.717) is 29.4 Å². The molecule has 0 unspecified atom stereocenters. The van der Waals surface area contributed by atoms with Gasteiger partial charge in [-0.15, -0.1) is 0 Å². The van der Waals surface area contributed by atoms with Gasteiger partial charge in [0.2, 0.25) is 5.89 Å². The van der Waals surface area contributed by atoms with Crippen molar-refractivity contribution in [2.24, 2.45) is 0 Å². The average Bonchev–Trinajstić information content (AvgIpc) is 2.97. The number of aromatic nitrogens is 1. The number of hydrogen-bond acceptors (Lipinski definition) is 3. The van der Waals surface area contributed by atoms with Gasteiger partial charge in [-0.3, -0.25) is 4.79 Å². The van der Waals surface area contributed by atoms with E-state index in [1.54, 1.807) is 24.3 Å².